The Morgan fingerprint density at radius 1 is 1.40 bits per heavy atom. The second-order valence-electron chi connectivity index (χ2n) is 5.82. The highest BCUT2D eigenvalue weighted by atomic mass is 32.1. The van der Waals surface area contributed by atoms with E-state index in [1.807, 2.05) is 0 Å². The number of hydrogen-bond acceptors (Lipinski definition) is 5. The summed E-state index contributed by atoms with van der Waals surface area (Å²) in [4.78, 5) is 31.4. The van der Waals surface area contributed by atoms with Gasteiger partial charge in [-0.25, -0.2) is 13.8 Å². The molecule has 1 aliphatic rings. The molecule has 1 N–H and O–H groups in total. The fourth-order valence-electron chi connectivity index (χ4n) is 2.59. The van der Waals surface area contributed by atoms with Gasteiger partial charge in [0, 0.05) is 18.0 Å². The van der Waals surface area contributed by atoms with Crippen LogP contribution < -0.4 is 5.32 Å². The molecule has 0 bridgehead atoms. The van der Waals surface area contributed by atoms with E-state index in [4.69, 9.17) is 0 Å². The monoisotopic (exact) mass is 366 g/mol. The number of aromatic nitrogens is 1. The smallest absolute Gasteiger partial charge is 0.240 e. The standard InChI is InChI=1S/C16H16F2N4O2S/c1-9-15(24)21(2)8-22(9)6-14(23)20-16-19-13(7-25-16)10-3-4-11(17)12(18)5-10/h3-5,7,9H,6,8H2,1-2H3,(H,19,20,23). The quantitative estimate of drug-likeness (QED) is 0.901. The molecule has 1 aliphatic heterocycles. The normalized spacial score (nSPS) is 18.0. The Morgan fingerprint density at radius 2 is 2.16 bits per heavy atom. The molecular weight excluding hydrogens is 350 g/mol. The SMILES string of the molecule is CC1C(=O)N(C)CN1CC(=O)Nc1nc(-c2ccc(F)c(F)c2)cs1. The van der Waals surface area contributed by atoms with Gasteiger partial charge in [-0.3, -0.25) is 14.5 Å². The maximum atomic E-state index is 13.3. The summed E-state index contributed by atoms with van der Waals surface area (Å²) in [6.45, 7) is 2.21. The molecule has 25 heavy (non-hydrogen) atoms. The van der Waals surface area contributed by atoms with Crippen LogP contribution in [-0.2, 0) is 9.59 Å². The first-order chi connectivity index (χ1) is 11.8. The number of hydrogen-bond donors (Lipinski definition) is 1. The van der Waals surface area contributed by atoms with E-state index < -0.39 is 11.6 Å². The van der Waals surface area contributed by atoms with Gasteiger partial charge >= 0.3 is 0 Å². The molecule has 1 fully saturated rings. The van der Waals surface area contributed by atoms with Crippen LogP contribution in [0.5, 0.6) is 0 Å². The van der Waals surface area contributed by atoms with Crippen LogP contribution in [0.15, 0.2) is 23.6 Å². The van der Waals surface area contributed by atoms with Gasteiger partial charge in [0.2, 0.25) is 11.8 Å². The highest BCUT2D eigenvalue weighted by molar-refractivity contribution is 7.14. The van der Waals surface area contributed by atoms with Gasteiger partial charge in [0.1, 0.15) is 0 Å². The first kappa shape index (κ1) is 17.4. The highest BCUT2D eigenvalue weighted by Crippen LogP contribution is 2.26. The molecule has 1 saturated heterocycles. The molecular formula is C16H16F2N4O2S. The van der Waals surface area contributed by atoms with E-state index in [1.165, 1.54) is 17.4 Å². The minimum atomic E-state index is -0.951. The predicted molar refractivity (Wildman–Crippen MR) is 89.9 cm³/mol. The van der Waals surface area contributed by atoms with Gasteiger partial charge < -0.3 is 10.2 Å². The van der Waals surface area contributed by atoms with Crippen molar-refractivity contribution >= 4 is 28.3 Å². The van der Waals surface area contributed by atoms with Crippen LogP contribution in [0.4, 0.5) is 13.9 Å². The minimum Gasteiger partial charge on any atom is -0.331 e. The number of carbonyl (C=O) groups excluding carboxylic acids is 2. The topological polar surface area (TPSA) is 65.5 Å². The van der Waals surface area contributed by atoms with Crippen molar-refractivity contribution in [3.63, 3.8) is 0 Å². The number of likely N-dealkylation sites (N-methyl/N-ethyl adjacent to an activating group) is 1. The number of thiazole rings is 1. The van der Waals surface area contributed by atoms with Crippen LogP contribution in [0.3, 0.4) is 0 Å². The average Bonchev–Trinajstić information content (AvgIpc) is 3.11. The predicted octanol–water partition coefficient (Wildman–Crippen LogP) is 2.15. The van der Waals surface area contributed by atoms with E-state index in [2.05, 4.69) is 10.3 Å². The van der Waals surface area contributed by atoms with Crippen molar-refractivity contribution in [1.82, 2.24) is 14.8 Å². The van der Waals surface area contributed by atoms with Crippen molar-refractivity contribution in [2.24, 2.45) is 0 Å². The lowest BCUT2D eigenvalue weighted by Gasteiger charge is -2.17. The molecule has 2 heterocycles. The lowest BCUT2D eigenvalue weighted by atomic mass is 10.2. The zero-order valence-electron chi connectivity index (χ0n) is 13.6. The molecule has 3 rings (SSSR count). The Bertz CT molecular complexity index is 826. The molecule has 132 valence electrons. The number of nitrogens with zero attached hydrogens (tertiary/aromatic N) is 3. The summed E-state index contributed by atoms with van der Waals surface area (Å²) in [5.74, 6) is -2.19. The maximum absolute atomic E-state index is 13.3. The van der Waals surface area contributed by atoms with Crippen LogP contribution in [0.2, 0.25) is 0 Å². The molecule has 1 unspecified atom stereocenters. The molecule has 6 nitrogen and oxygen atoms in total. The van der Waals surface area contributed by atoms with Crippen LogP contribution in [0.1, 0.15) is 6.92 Å². The van der Waals surface area contributed by atoms with Crippen LogP contribution >= 0.6 is 11.3 Å². The summed E-state index contributed by atoms with van der Waals surface area (Å²) in [6, 6.07) is 3.17. The van der Waals surface area contributed by atoms with E-state index in [0.29, 0.717) is 23.1 Å². The van der Waals surface area contributed by atoms with E-state index in [1.54, 1.807) is 29.2 Å². The van der Waals surface area contributed by atoms with Gasteiger partial charge in [0.15, 0.2) is 16.8 Å². The van der Waals surface area contributed by atoms with Gasteiger partial charge in [0.05, 0.1) is 24.9 Å². The minimum absolute atomic E-state index is 0.0253. The van der Waals surface area contributed by atoms with Gasteiger partial charge in [-0.1, -0.05) is 0 Å². The first-order valence-electron chi connectivity index (χ1n) is 7.55. The number of benzene rings is 1. The average molecular weight is 366 g/mol. The van der Waals surface area contributed by atoms with Crippen LogP contribution in [0.25, 0.3) is 11.3 Å². The third-order valence-corrected chi connectivity index (χ3v) is 4.75. The number of halogens is 2. The molecule has 2 aromatic rings. The van der Waals surface area contributed by atoms with Crippen molar-refractivity contribution in [1.29, 1.82) is 0 Å². The van der Waals surface area contributed by atoms with E-state index >= 15 is 0 Å². The summed E-state index contributed by atoms with van der Waals surface area (Å²) in [5, 5.41) is 4.67. The lowest BCUT2D eigenvalue weighted by Crippen LogP contribution is -2.37. The van der Waals surface area contributed by atoms with Crippen molar-refractivity contribution in [3.05, 3.63) is 35.2 Å². The summed E-state index contributed by atoms with van der Waals surface area (Å²) in [5.41, 5.74) is 0.875. The highest BCUT2D eigenvalue weighted by Gasteiger charge is 2.33. The zero-order chi connectivity index (χ0) is 18.1. The summed E-state index contributed by atoms with van der Waals surface area (Å²) >= 11 is 1.19. The lowest BCUT2D eigenvalue weighted by molar-refractivity contribution is -0.127. The fourth-order valence-corrected chi connectivity index (χ4v) is 3.33. The Morgan fingerprint density at radius 3 is 2.80 bits per heavy atom. The zero-order valence-corrected chi connectivity index (χ0v) is 14.4. The largest absolute Gasteiger partial charge is 0.331 e. The molecule has 1 atom stereocenters. The van der Waals surface area contributed by atoms with Crippen LogP contribution in [-0.4, -0.2) is 52.9 Å². The Hall–Kier alpha value is -2.39. The third-order valence-electron chi connectivity index (χ3n) is 3.99. The Balaban J connectivity index is 1.64. The molecule has 0 radical (unpaired) electrons. The van der Waals surface area contributed by atoms with Crippen molar-refractivity contribution in [3.8, 4) is 11.3 Å². The van der Waals surface area contributed by atoms with Crippen molar-refractivity contribution in [2.45, 2.75) is 13.0 Å². The summed E-state index contributed by atoms with van der Waals surface area (Å²) in [7, 11) is 1.69. The van der Waals surface area contributed by atoms with E-state index in [-0.39, 0.29) is 24.4 Å². The third kappa shape index (κ3) is 3.67. The Labute approximate surface area is 147 Å². The fraction of sp³-hybridized carbons (Fsp3) is 0.312. The van der Waals surface area contributed by atoms with Gasteiger partial charge in [-0.2, -0.15) is 0 Å². The van der Waals surface area contributed by atoms with E-state index in [9.17, 15) is 18.4 Å². The van der Waals surface area contributed by atoms with Crippen molar-refractivity contribution in [2.75, 3.05) is 25.6 Å². The first-order valence-corrected chi connectivity index (χ1v) is 8.43. The van der Waals surface area contributed by atoms with Crippen LogP contribution in [0, 0.1) is 11.6 Å². The number of carbonyl (C=O) groups is 2. The molecule has 0 aliphatic carbocycles. The number of nitrogens with one attached hydrogen (secondary N) is 1. The van der Waals surface area contributed by atoms with Gasteiger partial charge in [0.25, 0.3) is 0 Å². The molecule has 2 amide bonds. The van der Waals surface area contributed by atoms with E-state index in [0.717, 1.165) is 12.1 Å². The number of amides is 2. The second kappa shape index (κ2) is 6.85. The molecule has 1 aromatic carbocycles. The summed E-state index contributed by atoms with van der Waals surface area (Å²) in [6.07, 6.45) is 0. The Kier molecular flexibility index (Phi) is 4.78. The van der Waals surface area contributed by atoms with Gasteiger partial charge in [-0.15, -0.1) is 11.3 Å². The van der Waals surface area contributed by atoms with Crippen molar-refractivity contribution < 1.29 is 18.4 Å². The van der Waals surface area contributed by atoms with Gasteiger partial charge in [-0.05, 0) is 25.1 Å². The maximum Gasteiger partial charge on any atom is 0.240 e. The molecule has 9 heteroatoms. The molecule has 0 saturated carbocycles. The number of anilines is 1. The number of rotatable bonds is 4. The molecule has 0 spiro atoms. The summed E-state index contributed by atoms with van der Waals surface area (Å²) < 4.78 is 26.3. The molecule has 1 aromatic heterocycles. The second-order valence-corrected chi connectivity index (χ2v) is 6.67.